The molecule has 0 N–H and O–H groups in total. The zero-order valence-electron chi connectivity index (χ0n) is 23.9. The van der Waals surface area contributed by atoms with Gasteiger partial charge in [-0.15, -0.1) is 0 Å². The summed E-state index contributed by atoms with van der Waals surface area (Å²) < 4.78 is 6.12. The maximum Gasteiger partial charge on any atom is 0.311 e. The Morgan fingerprint density at radius 3 is 2.24 bits per heavy atom. The SMILES string of the molecule is CC(C)CCC[C@H](C)[C@@H]1CC[C@H]2[C@@H]3CC[C@@H]4CCC(OC(=O)C(C)(C)C)C[C@]4(C)[C@H]3CC[C@@]21C. The molecule has 0 heterocycles. The van der Waals surface area contributed by atoms with Crippen molar-refractivity contribution in [3.05, 3.63) is 0 Å². The third kappa shape index (κ3) is 4.87. The zero-order chi connectivity index (χ0) is 24.9. The van der Waals surface area contributed by atoms with E-state index in [1.54, 1.807) is 0 Å². The highest BCUT2D eigenvalue weighted by atomic mass is 16.5. The Balaban J connectivity index is 1.45. The van der Waals surface area contributed by atoms with Gasteiger partial charge >= 0.3 is 5.97 Å². The lowest BCUT2D eigenvalue weighted by atomic mass is 9.44. The van der Waals surface area contributed by atoms with Crippen molar-refractivity contribution in [2.75, 3.05) is 0 Å². The monoisotopic (exact) mass is 472 g/mol. The van der Waals surface area contributed by atoms with E-state index in [0.717, 1.165) is 54.3 Å². The van der Waals surface area contributed by atoms with E-state index in [1.807, 2.05) is 20.8 Å². The van der Waals surface area contributed by atoms with Crippen LogP contribution in [-0.2, 0) is 9.53 Å². The van der Waals surface area contributed by atoms with Crippen LogP contribution in [0.15, 0.2) is 0 Å². The molecule has 0 aromatic carbocycles. The molecule has 0 saturated heterocycles. The summed E-state index contributed by atoms with van der Waals surface area (Å²) in [6.45, 7) is 18.6. The second-order valence-electron chi connectivity index (χ2n) is 15.2. The molecule has 2 heteroatoms. The minimum absolute atomic E-state index is 0.00628. The van der Waals surface area contributed by atoms with Gasteiger partial charge in [-0.25, -0.2) is 0 Å². The lowest BCUT2D eigenvalue weighted by molar-refractivity contribution is -0.173. The molecule has 2 nitrogen and oxygen atoms in total. The third-order valence-corrected chi connectivity index (χ3v) is 11.7. The third-order valence-electron chi connectivity index (χ3n) is 11.7. The van der Waals surface area contributed by atoms with Crippen LogP contribution in [0.5, 0.6) is 0 Å². The maximum atomic E-state index is 12.7. The average molecular weight is 473 g/mol. The summed E-state index contributed by atoms with van der Waals surface area (Å²) in [6.07, 6.45) is 16.5. The fourth-order valence-electron chi connectivity index (χ4n) is 9.76. The molecule has 0 amide bonds. The Bertz CT molecular complexity index is 719. The minimum atomic E-state index is -0.399. The van der Waals surface area contributed by atoms with E-state index < -0.39 is 5.41 Å². The molecule has 0 spiro atoms. The Labute approximate surface area is 211 Å². The van der Waals surface area contributed by atoms with Crippen molar-refractivity contribution < 1.29 is 9.53 Å². The number of hydrogen-bond donors (Lipinski definition) is 0. The van der Waals surface area contributed by atoms with Gasteiger partial charge in [-0.3, -0.25) is 4.79 Å². The van der Waals surface area contributed by atoms with Gasteiger partial charge in [0.25, 0.3) is 0 Å². The van der Waals surface area contributed by atoms with E-state index in [2.05, 4.69) is 34.6 Å². The number of ether oxygens (including phenoxy) is 1. The summed E-state index contributed by atoms with van der Waals surface area (Å²) in [6, 6.07) is 0. The lowest BCUT2D eigenvalue weighted by Gasteiger charge is -2.61. The largest absolute Gasteiger partial charge is 0.462 e. The van der Waals surface area contributed by atoms with Crippen molar-refractivity contribution in [1.29, 1.82) is 0 Å². The van der Waals surface area contributed by atoms with E-state index in [9.17, 15) is 4.79 Å². The molecule has 0 aliphatic heterocycles. The number of hydrogen-bond acceptors (Lipinski definition) is 2. The second kappa shape index (κ2) is 9.74. The summed E-state index contributed by atoms with van der Waals surface area (Å²) >= 11 is 0. The van der Waals surface area contributed by atoms with E-state index in [0.29, 0.717) is 10.8 Å². The van der Waals surface area contributed by atoms with Crippen molar-refractivity contribution in [2.45, 2.75) is 139 Å². The van der Waals surface area contributed by atoms with E-state index >= 15 is 0 Å². The van der Waals surface area contributed by atoms with Gasteiger partial charge in [0.1, 0.15) is 6.10 Å². The molecule has 196 valence electrons. The summed E-state index contributed by atoms with van der Waals surface area (Å²) in [7, 11) is 0. The first-order valence-corrected chi connectivity index (χ1v) is 15.1. The highest BCUT2D eigenvalue weighted by Gasteiger charge is 2.61. The van der Waals surface area contributed by atoms with Crippen molar-refractivity contribution in [3.8, 4) is 0 Å². The van der Waals surface area contributed by atoms with Crippen molar-refractivity contribution in [2.24, 2.45) is 57.7 Å². The molecular formula is C32H56O2. The van der Waals surface area contributed by atoms with Gasteiger partial charge < -0.3 is 4.74 Å². The molecule has 0 aromatic heterocycles. The van der Waals surface area contributed by atoms with Gasteiger partial charge in [-0.05, 0) is 131 Å². The fraction of sp³-hybridized carbons (Fsp3) is 0.969. The molecule has 4 saturated carbocycles. The molecule has 4 aliphatic rings. The summed E-state index contributed by atoms with van der Waals surface area (Å²) in [5.74, 6) is 6.17. The fourth-order valence-corrected chi connectivity index (χ4v) is 9.76. The van der Waals surface area contributed by atoms with Crippen molar-refractivity contribution >= 4 is 5.97 Å². The molecule has 0 bridgehead atoms. The van der Waals surface area contributed by atoms with Crippen LogP contribution in [0.4, 0.5) is 0 Å². The van der Waals surface area contributed by atoms with Crippen LogP contribution in [0, 0.1) is 57.7 Å². The van der Waals surface area contributed by atoms with Crippen LogP contribution in [0.25, 0.3) is 0 Å². The number of rotatable bonds is 6. The molecule has 0 radical (unpaired) electrons. The van der Waals surface area contributed by atoms with Crippen LogP contribution in [-0.4, -0.2) is 12.1 Å². The average Bonchev–Trinajstić information content (AvgIpc) is 3.09. The highest BCUT2D eigenvalue weighted by molar-refractivity contribution is 5.75. The topological polar surface area (TPSA) is 26.3 Å². The first-order valence-electron chi connectivity index (χ1n) is 15.1. The van der Waals surface area contributed by atoms with Crippen LogP contribution in [0.3, 0.4) is 0 Å². The maximum absolute atomic E-state index is 12.7. The van der Waals surface area contributed by atoms with Gasteiger partial charge in [0.2, 0.25) is 0 Å². The van der Waals surface area contributed by atoms with Crippen LogP contribution >= 0.6 is 0 Å². The van der Waals surface area contributed by atoms with Crippen LogP contribution in [0.2, 0.25) is 0 Å². The van der Waals surface area contributed by atoms with E-state index in [1.165, 1.54) is 64.2 Å². The van der Waals surface area contributed by atoms with E-state index in [-0.39, 0.29) is 12.1 Å². The molecule has 0 aromatic rings. The number of fused-ring (bicyclic) bond motifs is 5. The highest BCUT2D eigenvalue weighted by Crippen LogP contribution is 2.68. The van der Waals surface area contributed by atoms with E-state index in [4.69, 9.17) is 4.74 Å². The molecule has 4 rings (SSSR count). The Morgan fingerprint density at radius 1 is 0.882 bits per heavy atom. The zero-order valence-corrected chi connectivity index (χ0v) is 23.9. The molecule has 34 heavy (non-hydrogen) atoms. The van der Waals surface area contributed by atoms with Gasteiger partial charge in [0, 0.05) is 0 Å². The van der Waals surface area contributed by atoms with Gasteiger partial charge in [0.05, 0.1) is 5.41 Å². The molecule has 1 unspecified atom stereocenters. The molecule has 4 fully saturated rings. The quantitative estimate of drug-likeness (QED) is 0.360. The van der Waals surface area contributed by atoms with Gasteiger partial charge in [-0.2, -0.15) is 0 Å². The van der Waals surface area contributed by atoms with Gasteiger partial charge in [0.15, 0.2) is 0 Å². The smallest absolute Gasteiger partial charge is 0.311 e. The normalized spacial score (nSPS) is 43.1. The first-order chi connectivity index (χ1) is 15.9. The van der Waals surface area contributed by atoms with Crippen molar-refractivity contribution in [3.63, 3.8) is 0 Å². The standard InChI is InChI=1S/C32H56O2/c1-21(2)10-9-11-22(3)26-16-17-27-25-15-13-23-12-14-24(34-29(33)30(4,5)6)20-32(23,8)28(25)18-19-31(26,27)7/h21-28H,9-20H2,1-8H3/t22-,23-,24?,25-,26-,27-,28-,31+,32-/m0/s1. The second-order valence-corrected chi connectivity index (χ2v) is 15.2. The Hall–Kier alpha value is -0.530. The Morgan fingerprint density at radius 2 is 1.56 bits per heavy atom. The molecular weight excluding hydrogens is 416 g/mol. The predicted octanol–water partition coefficient (Wildman–Crippen LogP) is 9.07. The van der Waals surface area contributed by atoms with Crippen molar-refractivity contribution in [1.82, 2.24) is 0 Å². The molecule has 9 atom stereocenters. The lowest BCUT2D eigenvalue weighted by Crippen LogP contribution is -2.55. The number of carbonyl (C=O) groups excluding carboxylic acids is 1. The van der Waals surface area contributed by atoms with Crippen LogP contribution < -0.4 is 0 Å². The first kappa shape index (κ1) is 26.5. The number of carbonyl (C=O) groups is 1. The van der Waals surface area contributed by atoms with Crippen LogP contribution in [0.1, 0.15) is 132 Å². The number of esters is 1. The summed E-state index contributed by atoms with van der Waals surface area (Å²) in [5.41, 5.74) is 0.533. The summed E-state index contributed by atoms with van der Waals surface area (Å²) in [5, 5.41) is 0. The minimum Gasteiger partial charge on any atom is -0.462 e. The predicted molar refractivity (Wildman–Crippen MR) is 142 cm³/mol. The molecule has 4 aliphatic carbocycles. The van der Waals surface area contributed by atoms with Gasteiger partial charge in [-0.1, -0.05) is 53.9 Å². The Kier molecular flexibility index (Phi) is 7.60. The summed E-state index contributed by atoms with van der Waals surface area (Å²) in [4.78, 5) is 12.7.